The molecule has 23 heavy (non-hydrogen) atoms. The average molecular weight is 310 g/mol. The van der Waals surface area contributed by atoms with E-state index in [-0.39, 0.29) is 11.5 Å². The monoisotopic (exact) mass is 310 g/mol. The van der Waals surface area contributed by atoms with E-state index in [2.05, 4.69) is 10.3 Å². The minimum absolute atomic E-state index is 0.0146. The summed E-state index contributed by atoms with van der Waals surface area (Å²) in [5.74, 6) is 0.791. The Kier molecular flexibility index (Phi) is 3.97. The van der Waals surface area contributed by atoms with Crippen molar-refractivity contribution in [2.24, 2.45) is 7.05 Å². The van der Waals surface area contributed by atoms with E-state index >= 15 is 0 Å². The number of anilines is 1. The Balaban J connectivity index is 1.86. The summed E-state index contributed by atoms with van der Waals surface area (Å²) in [6.45, 7) is 2.06. The van der Waals surface area contributed by atoms with Gasteiger partial charge in [-0.1, -0.05) is 6.07 Å². The summed E-state index contributed by atoms with van der Waals surface area (Å²) in [5, 5.41) is 2.76. The third kappa shape index (κ3) is 3.15. The van der Waals surface area contributed by atoms with Crippen LogP contribution in [0.5, 0.6) is 0 Å². The number of aromatic nitrogens is 3. The zero-order chi connectivity index (χ0) is 16.4. The van der Waals surface area contributed by atoms with Crippen LogP contribution in [-0.2, 0) is 24.8 Å². The van der Waals surface area contributed by atoms with Crippen LogP contribution in [0, 0.1) is 0 Å². The Labute approximate surface area is 133 Å². The van der Waals surface area contributed by atoms with Crippen LogP contribution in [0.4, 0.5) is 5.69 Å². The maximum Gasteiger partial charge on any atom is 0.250 e. The summed E-state index contributed by atoms with van der Waals surface area (Å²) in [6.07, 6.45) is 2.43. The largest absolute Gasteiger partial charge is 0.331 e. The molecule has 0 aliphatic carbocycles. The van der Waals surface area contributed by atoms with Gasteiger partial charge in [0.15, 0.2) is 0 Å². The number of amides is 1. The van der Waals surface area contributed by atoms with E-state index in [0.717, 1.165) is 22.5 Å². The van der Waals surface area contributed by atoms with Gasteiger partial charge in [0.1, 0.15) is 5.82 Å². The molecule has 2 heterocycles. The molecule has 0 spiro atoms. The Morgan fingerprint density at radius 2 is 2.09 bits per heavy atom. The van der Waals surface area contributed by atoms with E-state index in [9.17, 15) is 9.59 Å². The molecule has 0 fully saturated rings. The van der Waals surface area contributed by atoms with Gasteiger partial charge >= 0.3 is 0 Å². The SMILES string of the molecule is CC(=O)Nc1ccc2c(c1)nc(CCn1ccccc1=O)n2C. The van der Waals surface area contributed by atoms with Crippen LogP contribution in [0.25, 0.3) is 11.0 Å². The summed E-state index contributed by atoms with van der Waals surface area (Å²) in [6, 6.07) is 10.8. The Hall–Kier alpha value is -2.89. The molecule has 1 aromatic carbocycles. The first-order valence-corrected chi connectivity index (χ1v) is 7.43. The van der Waals surface area contributed by atoms with E-state index in [4.69, 9.17) is 0 Å². The second-order valence-electron chi connectivity index (χ2n) is 5.45. The first kappa shape index (κ1) is 15.0. The van der Waals surface area contributed by atoms with Gasteiger partial charge in [-0.25, -0.2) is 4.98 Å². The highest BCUT2D eigenvalue weighted by atomic mass is 16.1. The fraction of sp³-hybridized carbons (Fsp3) is 0.235. The molecule has 118 valence electrons. The van der Waals surface area contributed by atoms with Gasteiger partial charge < -0.3 is 14.5 Å². The second kappa shape index (κ2) is 6.08. The van der Waals surface area contributed by atoms with Crippen LogP contribution in [0.15, 0.2) is 47.4 Å². The molecule has 6 nitrogen and oxygen atoms in total. The number of nitrogens with zero attached hydrogens (tertiary/aromatic N) is 3. The van der Waals surface area contributed by atoms with Crippen molar-refractivity contribution in [2.75, 3.05) is 5.32 Å². The summed E-state index contributed by atoms with van der Waals surface area (Å²) in [7, 11) is 1.95. The summed E-state index contributed by atoms with van der Waals surface area (Å²) in [5.41, 5.74) is 2.54. The van der Waals surface area contributed by atoms with Crippen molar-refractivity contribution in [1.82, 2.24) is 14.1 Å². The quantitative estimate of drug-likeness (QED) is 0.800. The van der Waals surface area contributed by atoms with Crippen molar-refractivity contribution >= 4 is 22.6 Å². The predicted octanol–water partition coefficient (Wildman–Crippen LogP) is 1.94. The first-order valence-electron chi connectivity index (χ1n) is 7.43. The van der Waals surface area contributed by atoms with Crippen molar-refractivity contribution in [3.63, 3.8) is 0 Å². The minimum Gasteiger partial charge on any atom is -0.331 e. The Morgan fingerprint density at radius 3 is 2.83 bits per heavy atom. The van der Waals surface area contributed by atoms with Gasteiger partial charge in [0.2, 0.25) is 5.91 Å². The molecule has 0 radical (unpaired) electrons. The van der Waals surface area contributed by atoms with Gasteiger partial charge in [-0.05, 0) is 24.3 Å². The van der Waals surface area contributed by atoms with Crippen LogP contribution in [0.2, 0.25) is 0 Å². The number of imidazole rings is 1. The molecular weight excluding hydrogens is 292 g/mol. The van der Waals surface area contributed by atoms with Gasteiger partial charge in [0.05, 0.1) is 11.0 Å². The molecule has 2 aromatic heterocycles. The lowest BCUT2D eigenvalue weighted by Gasteiger charge is -2.05. The zero-order valence-corrected chi connectivity index (χ0v) is 13.1. The summed E-state index contributed by atoms with van der Waals surface area (Å²) >= 11 is 0. The number of benzene rings is 1. The van der Waals surface area contributed by atoms with E-state index in [0.29, 0.717) is 13.0 Å². The fourth-order valence-corrected chi connectivity index (χ4v) is 2.62. The molecule has 0 atom stereocenters. The van der Waals surface area contributed by atoms with Crippen molar-refractivity contribution in [2.45, 2.75) is 19.9 Å². The van der Waals surface area contributed by atoms with Crippen LogP contribution in [-0.4, -0.2) is 20.0 Å². The maximum absolute atomic E-state index is 11.7. The molecule has 0 bridgehead atoms. The number of carbonyl (C=O) groups excluding carboxylic acids is 1. The molecule has 3 rings (SSSR count). The lowest BCUT2D eigenvalue weighted by molar-refractivity contribution is -0.114. The molecule has 6 heteroatoms. The molecule has 0 saturated carbocycles. The molecule has 0 aliphatic heterocycles. The molecule has 1 N–H and O–H groups in total. The van der Waals surface area contributed by atoms with Crippen LogP contribution < -0.4 is 10.9 Å². The number of fused-ring (bicyclic) bond motifs is 1. The zero-order valence-electron chi connectivity index (χ0n) is 13.1. The standard InChI is InChI=1S/C17H18N4O2/c1-12(22)18-13-6-7-15-14(11-13)19-16(20(15)2)8-10-21-9-4-3-5-17(21)23/h3-7,9,11H,8,10H2,1-2H3,(H,18,22). The number of nitrogens with one attached hydrogen (secondary N) is 1. The highest BCUT2D eigenvalue weighted by Gasteiger charge is 2.09. The third-order valence-corrected chi connectivity index (χ3v) is 3.77. The molecule has 0 aliphatic rings. The molecular formula is C17H18N4O2. The Morgan fingerprint density at radius 1 is 1.26 bits per heavy atom. The minimum atomic E-state index is -0.107. The lowest BCUT2D eigenvalue weighted by Crippen LogP contribution is -2.19. The molecule has 1 amide bonds. The van der Waals surface area contributed by atoms with Crippen molar-refractivity contribution < 1.29 is 4.79 Å². The summed E-state index contributed by atoms with van der Waals surface area (Å²) < 4.78 is 3.68. The molecule has 0 unspecified atom stereocenters. The van der Waals surface area contributed by atoms with Gasteiger partial charge in [0.25, 0.3) is 5.56 Å². The van der Waals surface area contributed by atoms with E-state index in [1.807, 2.05) is 35.9 Å². The topological polar surface area (TPSA) is 68.9 Å². The van der Waals surface area contributed by atoms with Crippen molar-refractivity contribution in [3.05, 3.63) is 58.8 Å². The number of carbonyl (C=O) groups is 1. The van der Waals surface area contributed by atoms with Crippen LogP contribution in [0.3, 0.4) is 0 Å². The first-order chi connectivity index (χ1) is 11.0. The van der Waals surface area contributed by atoms with E-state index in [1.54, 1.807) is 22.9 Å². The number of rotatable bonds is 4. The van der Waals surface area contributed by atoms with Crippen LogP contribution in [0.1, 0.15) is 12.7 Å². The Bertz CT molecular complexity index is 924. The van der Waals surface area contributed by atoms with Gasteiger partial charge in [-0.3, -0.25) is 9.59 Å². The fourth-order valence-electron chi connectivity index (χ4n) is 2.62. The predicted molar refractivity (Wildman–Crippen MR) is 89.4 cm³/mol. The van der Waals surface area contributed by atoms with E-state index in [1.165, 1.54) is 6.92 Å². The smallest absolute Gasteiger partial charge is 0.250 e. The average Bonchev–Trinajstić information content (AvgIpc) is 2.82. The second-order valence-corrected chi connectivity index (χ2v) is 5.45. The summed E-state index contributed by atoms with van der Waals surface area (Å²) in [4.78, 5) is 27.5. The van der Waals surface area contributed by atoms with Crippen molar-refractivity contribution in [3.8, 4) is 0 Å². The maximum atomic E-state index is 11.7. The van der Waals surface area contributed by atoms with Gasteiger partial charge in [-0.2, -0.15) is 0 Å². The molecule has 0 saturated heterocycles. The van der Waals surface area contributed by atoms with Gasteiger partial charge in [-0.15, -0.1) is 0 Å². The lowest BCUT2D eigenvalue weighted by atomic mass is 10.2. The normalized spacial score (nSPS) is 10.9. The van der Waals surface area contributed by atoms with Crippen molar-refractivity contribution in [1.29, 1.82) is 0 Å². The van der Waals surface area contributed by atoms with Crippen LogP contribution >= 0.6 is 0 Å². The number of hydrogen-bond donors (Lipinski definition) is 1. The van der Waals surface area contributed by atoms with Gasteiger partial charge in [0, 0.05) is 44.9 Å². The number of pyridine rings is 1. The van der Waals surface area contributed by atoms with E-state index < -0.39 is 0 Å². The number of hydrogen-bond acceptors (Lipinski definition) is 3. The highest BCUT2D eigenvalue weighted by Crippen LogP contribution is 2.20. The third-order valence-electron chi connectivity index (χ3n) is 3.77. The number of aryl methyl sites for hydroxylation is 3. The highest BCUT2D eigenvalue weighted by molar-refractivity contribution is 5.91. The molecule has 3 aromatic rings.